The normalized spacial score (nSPS) is 21.8. The number of anilines is 1. The Kier molecular flexibility index (Phi) is 7.49. The SMILES string of the molecule is CCC(=O)N1CCC2CCCC(CN(C(=O)Cc3ccc(C)cc3)Cc3ccccc31)N2C. The number of likely N-dealkylation sites (N-methyl/N-ethyl adjacent to an activating group) is 1. The van der Waals surface area contributed by atoms with Crippen molar-refractivity contribution in [1.29, 1.82) is 0 Å². The van der Waals surface area contributed by atoms with E-state index < -0.39 is 0 Å². The van der Waals surface area contributed by atoms with Gasteiger partial charge in [-0.15, -0.1) is 0 Å². The molecule has 2 aliphatic heterocycles. The van der Waals surface area contributed by atoms with E-state index in [-0.39, 0.29) is 11.8 Å². The molecule has 0 saturated carbocycles. The molecule has 0 N–H and O–H groups in total. The molecule has 1 saturated heterocycles. The monoisotopic (exact) mass is 447 g/mol. The number of hydrogen-bond acceptors (Lipinski definition) is 3. The largest absolute Gasteiger partial charge is 0.336 e. The Balaban J connectivity index is 1.68. The van der Waals surface area contributed by atoms with Gasteiger partial charge in [-0.25, -0.2) is 0 Å². The first kappa shape index (κ1) is 23.5. The molecular weight excluding hydrogens is 410 g/mol. The highest BCUT2D eigenvalue weighted by Gasteiger charge is 2.32. The minimum absolute atomic E-state index is 0.147. The van der Waals surface area contributed by atoms with E-state index in [1.54, 1.807) is 0 Å². The molecule has 0 spiro atoms. The lowest BCUT2D eigenvalue weighted by Crippen LogP contribution is -2.51. The zero-order valence-corrected chi connectivity index (χ0v) is 20.3. The van der Waals surface area contributed by atoms with Gasteiger partial charge in [-0.1, -0.05) is 61.4 Å². The molecule has 2 aromatic rings. The van der Waals surface area contributed by atoms with Crippen LogP contribution in [0.3, 0.4) is 0 Å². The molecular formula is C28H37N3O2. The quantitative estimate of drug-likeness (QED) is 0.693. The van der Waals surface area contributed by atoms with Gasteiger partial charge in [0.2, 0.25) is 11.8 Å². The summed E-state index contributed by atoms with van der Waals surface area (Å²) in [6, 6.07) is 17.2. The van der Waals surface area contributed by atoms with E-state index in [9.17, 15) is 9.59 Å². The fourth-order valence-electron chi connectivity index (χ4n) is 5.33. The van der Waals surface area contributed by atoms with Crippen LogP contribution in [0.4, 0.5) is 5.69 Å². The van der Waals surface area contributed by atoms with Crippen molar-refractivity contribution in [1.82, 2.24) is 9.80 Å². The molecule has 0 radical (unpaired) electrons. The minimum Gasteiger partial charge on any atom is -0.336 e. The van der Waals surface area contributed by atoms with Gasteiger partial charge in [-0.3, -0.25) is 14.5 Å². The molecule has 2 aromatic carbocycles. The zero-order valence-electron chi connectivity index (χ0n) is 20.3. The number of para-hydroxylation sites is 1. The van der Waals surface area contributed by atoms with Crippen molar-refractivity contribution in [3.8, 4) is 0 Å². The van der Waals surface area contributed by atoms with E-state index in [4.69, 9.17) is 0 Å². The summed E-state index contributed by atoms with van der Waals surface area (Å²) < 4.78 is 0. The molecule has 1 fully saturated rings. The highest BCUT2D eigenvalue weighted by molar-refractivity contribution is 5.94. The smallest absolute Gasteiger partial charge is 0.227 e. The number of piperidine rings is 1. The van der Waals surface area contributed by atoms with E-state index in [2.05, 4.69) is 49.2 Å². The highest BCUT2D eigenvalue weighted by Crippen LogP contribution is 2.30. The summed E-state index contributed by atoms with van der Waals surface area (Å²) in [4.78, 5) is 33.0. The summed E-state index contributed by atoms with van der Waals surface area (Å²) in [5.74, 6) is 0.297. The van der Waals surface area contributed by atoms with Crippen LogP contribution in [0.25, 0.3) is 0 Å². The van der Waals surface area contributed by atoms with Gasteiger partial charge >= 0.3 is 0 Å². The molecule has 2 unspecified atom stereocenters. The van der Waals surface area contributed by atoms with Crippen LogP contribution in [0.1, 0.15) is 55.7 Å². The van der Waals surface area contributed by atoms with Gasteiger partial charge < -0.3 is 9.80 Å². The standard InChI is InChI=1S/C28H37N3O2/c1-4-27(32)31-17-16-24-9-7-10-25(29(24)3)20-30(19-23-8-5-6-11-26(23)31)28(33)18-22-14-12-21(2)13-15-22/h5-6,8,11-15,24-25H,4,7,9-10,16-20H2,1-3H3. The molecule has 0 aliphatic carbocycles. The topological polar surface area (TPSA) is 43.9 Å². The first-order valence-electron chi connectivity index (χ1n) is 12.4. The maximum atomic E-state index is 13.6. The van der Waals surface area contributed by atoms with Gasteiger partial charge in [0, 0.05) is 43.8 Å². The Morgan fingerprint density at radius 3 is 2.42 bits per heavy atom. The van der Waals surface area contributed by atoms with Gasteiger partial charge in [0.1, 0.15) is 0 Å². The summed E-state index contributed by atoms with van der Waals surface area (Å²) in [5, 5.41) is 0. The maximum absolute atomic E-state index is 13.6. The predicted molar refractivity (Wildman–Crippen MR) is 133 cm³/mol. The number of hydrogen-bond donors (Lipinski definition) is 0. The molecule has 2 aliphatic rings. The van der Waals surface area contributed by atoms with E-state index in [1.165, 1.54) is 12.0 Å². The van der Waals surface area contributed by atoms with E-state index in [1.807, 2.05) is 34.9 Å². The molecule has 176 valence electrons. The third kappa shape index (κ3) is 5.47. The molecule has 0 aromatic heterocycles. The lowest BCUT2D eigenvalue weighted by Gasteiger charge is -2.42. The van der Waals surface area contributed by atoms with Crippen LogP contribution in [0.15, 0.2) is 48.5 Å². The van der Waals surface area contributed by atoms with Crippen molar-refractivity contribution in [3.05, 3.63) is 65.2 Å². The van der Waals surface area contributed by atoms with Gasteiger partial charge in [0.25, 0.3) is 0 Å². The van der Waals surface area contributed by atoms with Crippen LogP contribution < -0.4 is 4.90 Å². The summed E-state index contributed by atoms with van der Waals surface area (Å²) >= 11 is 0. The van der Waals surface area contributed by atoms with Gasteiger partial charge in [-0.2, -0.15) is 0 Å². The molecule has 2 atom stereocenters. The summed E-state index contributed by atoms with van der Waals surface area (Å²) in [7, 11) is 2.20. The predicted octanol–water partition coefficient (Wildman–Crippen LogP) is 4.57. The van der Waals surface area contributed by atoms with Crippen molar-refractivity contribution in [3.63, 3.8) is 0 Å². The average molecular weight is 448 g/mol. The molecule has 33 heavy (non-hydrogen) atoms. The van der Waals surface area contributed by atoms with Gasteiger partial charge in [0.15, 0.2) is 0 Å². The summed E-state index contributed by atoms with van der Waals surface area (Å²) in [6.45, 7) is 5.98. The number of carbonyl (C=O) groups excluding carboxylic acids is 2. The van der Waals surface area contributed by atoms with Crippen LogP contribution in [0.5, 0.6) is 0 Å². The van der Waals surface area contributed by atoms with Gasteiger partial charge in [0.05, 0.1) is 6.42 Å². The first-order chi connectivity index (χ1) is 16.0. The second kappa shape index (κ2) is 10.5. The number of benzene rings is 2. The Morgan fingerprint density at radius 2 is 1.67 bits per heavy atom. The summed E-state index contributed by atoms with van der Waals surface area (Å²) in [6.07, 6.45) is 5.28. The van der Waals surface area contributed by atoms with Crippen molar-refractivity contribution in [2.45, 2.75) is 71.0 Å². The lowest BCUT2D eigenvalue weighted by molar-refractivity contribution is -0.132. The third-order valence-electron chi connectivity index (χ3n) is 7.42. The number of amides is 2. The molecule has 2 bridgehead atoms. The maximum Gasteiger partial charge on any atom is 0.227 e. The van der Waals surface area contributed by atoms with Crippen LogP contribution in [-0.2, 0) is 22.6 Å². The molecule has 2 heterocycles. The Morgan fingerprint density at radius 1 is 0.939 bits per heavy atom. The van der Waals surface area contributed by atoms with Crippen LogP contribution in [0.2, 0.25) is 0 Å². The number of carbonyl (C=O) groups is 2. The molecule has 4 rings (SSSR count). The second-order valence-electron chi connectivity index (χ2n) is 9.66. The van der Waals surface area contributed by atoms with Crippen molar-refractivity contribution < 1.29 is 9.59 Å². The Labute approximate surface area is 198 Å². The van der Waals surface area contributed by atoms with E-state index >= 15 is 0 Å². The van der Waals surface area contributed by atoms with E-state index in [0.717, 1.165) is 49.2 Å². The fourth-order valence-corrected chi connectivity index (χ4v) is 5.33. The first-order valence-corrected chi connectivity index (χ1v) is 12.4. The molecule has 2 amide bonds. The van der Waals surface area contributed by atoms with Crippen molar-refractivity contribution in [2.75, 3.05) is 25.0 Å². The number of rotatable bonds is 3. The van der Waals surface area contributed by atoms with Crippen LogP contribution >= 0.6 is 0 Å². The van der Waals surface area contributed by atoms with Crippen LogP contribution in [0, 0.1) is 6.92 Å². The number of nitrogens with zero attached hydrogens (tertiary/aromatic N) is 3. The molecule has 5 heteroatoms. The second-order valence-corrected chi connectivity index (χ2v) is 9.66. The number of fused-ring (bicyclic) bond motifs is 3. The Hall–Kier alpha value is -2.66. The summed E-state index contributed by atoms with van der Waals surface area (Å²) in [5.41, 5.74) is 4.25. The Bertz CT molecular complexity index is 971. The van der Waals surface area contributed by atoms with Gasteiger partial charge in [-0.05, 0) is 50.4 Å². The third-order valence-corrected chi connectivity index (χ3v) is 7.42. The fraction of sp³-hybridized carbons (Fsp3) is 0.500. The van der Waals surface area contributed by atoms with E-state index in [0.29, 0.717) is 31.5 Å². The highest BCUT2D eigenvalue weighted by atomic mass is 16.2. The van der Waals surface area contributed by atoms with Crippen molar-refractivity contribution >= 4 is 17.5 Å². The van der Waals surface area contributed by atoms with Crippen LogP contribution in [-0.4, -0.2) is 53.8 Å². The minimum atomic E-state index is 0.147. The number of aryl methyl sites for hydroxylation is 1. The molecule has 5 nitrogen and oxygen atoms in total. The lowest BCUT2D eigenvalue weighted by atomic mass is 9.93. The van der Waals surface area contributed by atoms with Crippen molar-refractivity contribution in [2.24, 2.45) is 0 Å². The average Bonchev–Trinajstić information content (AvgIpc) is 2.83. The zero-order chi connectivity index (χ0) is 23.4.